The molecule has 0 aliphatic heterocycles. The minimum absolute atomic E-state index is 0.226. The van der Waals surface area contributed by atoms with Gasteiger partial charge in [0.1, 0.15) is 0 Å². The van der Waals surface area contributed by atoms with Gasteiger partial charge in [0, 0.05) is 20.1 Å². The Morgan fingerprint density at radius 2 is 2.26 bits per heavy atom. The monoisotopic (exact) mass is 259 g/mol. The fraction of sp³-hybridized carbons (Fsp3) is 0.308. The van der Waals surface area contributed by atoms with Gasteiger partial charge >= 0.3 is 0 Å². The summed E-state index contributed by atoms with van der Waals surface area (Å²) in [6.45, 7) is 2.99. The molecular weight excluding hydrogens is 242 g/mol. The lowest BCUT2D eigenvalue weighted by molar-refractivity contribution is 0.0946. The van der Waals surface area contributed by atoms with Gasteiger partial charge in [-0.3, -0.25) is 9.48 Å². The Morgan fingerprint density at radius 1 is 1.47 bits per heavy atom. The van der Waals surface area contributed by atoms with Gasteiger partial charge in [-0.25, -0.2) is 0 Å². The van der Waals surface area contributed by atoms with Crippen LogP contribution in [0.5, 0.6) is 0 Å². The van der Waals surface area contributed by atoms with Crippen molar-refractivity contribution in [2.75, 3.05) is 0 Å². The third-order valence-electron chi connectivity index (χ3n) is 2.92. The van der Waals surface area contributed by atoms with E-state index in [9.17, 15) is 4.79 Å². The highest BCUT2D eigenvalue weighted by Gasteiger charge is 2.09. The van der Waals surface area contributed by atoms with Gasteiger partial charge in [-0.05, 0) is 23.6 Å². The second-order valence-electron chi connectivity index (χ2n) is 4.43. The molecule has 0 unspecified atom stereocenters. The van der Waals surface area contributed by atoms with Gasteiger partial charge in [-0.1, -0.05) is 23.4 Å². The highest BCUT2D eigenvalue weighted by molar-refractivity contribution is 5.91. The van der Waals surface area contributed by atoms with Gasteiger partial charge in [0.05, 0.1) is 6.20 Å². The van der Waals surface area contributed by atoms with Crippen LogP contribution in [0.1, 0.15) is 27.2 Å². The van der Waals surface area contributed by atoms with E-state index in [1.165, 1.54) is 4.68 Å². The van der Waals surface area contributed by atoms with Crippen LogP contribution in [-0.4, -0.2) is 20.9 Å². The van der Waals surface area contributed by atoms with Gasteiger partial charge in [0.15, 0.2) is 5.69 Å². The summed E-state index contributed by atoms with van der Waals surface area (Å²) in [7, 11) is 1.72. The predicted octanol–water partition coefficient (Wildman–Crippen LogP) is 0.512. The lowest BCUT2D eigenvalue weighted by Gasteiger charge is -2.08. The van der Waals surface area contributed by atoms with Crippen LogP contribution in [0.3, 0.4) is 0 Å². The van der Waals surface area contributed by atoms with Crippen LogP contribution in [-0.2, 0) is 20.1 Å². The Labute approximate surface area is 111 Å². The number of aromatic nitrogens is 3. The van der Waals surface area contributed by atoms with E-state index in [0.717, 1.165) is 16.7 Å². The van der Waals surface area contributed by atoms with Crippen molar-refractivity contribution in [3.05, 3.63) is 46.8 Å². The number of hydrogen-bond donors (Lipinski definition) is 2. The van der Waals surface area contributed by atoms with Crippen molar-refractivity contribution in [3.8, 4) is 0 Å². The van der Waals surface area contributed by atoms with Crippen LogP contribution >= 0.6 is 0 Å². The summed E-state index contributed by atoms with van der Waals surface area (Å²) in [5.74, 6) is -0.226. The van der Waals surface area contributed by atoms with E-state index in [1.54, 1.807) is 13.2 Å². The lowest BCUT2D eigenvalue weighted by atomic mass is 10.1. The van der Waals surface area contributed by atoms with Crippen molar-refractivity contribution >= 4 is 5.91 Å². The number of nitrogens with zero attached hydrogens (tertiary/aromatic N) is 3. The molecule has 0 saturated carbocycles. The number of amides is 1. The molecule has 2 rings (SSSR count). The third-order valence-corrected chi connectivity index (χ3v) is 2.92. The normalized spacial score (nSPS) is 10.5. The highest BCUT2D eigenvalue weighted by atomic mass is 16.2. The van der Waals surface area contributed by atoms with Crippen LogP contribution < -0.4 is 11.1 Å². The number of aryl methyl sites for hydroxylation is 2. The maximum Gasteiger partial charge on any atom is 0.273 e. The van der Waals surface area contributed by atoms with E-state index in [2.05, 4.69) is 15.6 Å². The van der Waals surface area contributed by atoms with Gasteiger partial charge in [0.25, 0.3) is 5.91 Å². The van der Waals surface area contributed by atoms with Crippen molar-refractivity contribution in [2.45, 2.75) is 20.0 Å². The van der Waals surface area contributed by atoms with Crippen LogP contribution in [0, 0.1) is 6.92 Å². The molecule has 6 heteroatoms. The molecule has 1 amide bonds. The molecule has 0 fully saturated rings. The number of carbonyl (C=O) groups is 1. The smallest absolute Gasteiger partial charge is 0.273 e. The lowest BCUT2D eigenvalue weighted by Crippen LogP contribution is -2.23. The first-order valence-corrected chi connectivity index (χ1v) is 6.03. The summed E-state index contributed by atoms with van der Waals surface area (Å²) in [5.41, 5.74) is 9.16. The average molecular weight is 259 g/mol. The van der Waals surface area contributed by atoms with E-state index >= 15 is 0 Å². The Kier molecular flexibility index (Phi) is 3.91. The van der Waals surface area contributed by atoms with E-state index in [1.807, 2.05) is 25.1 Å². The number of benzene rings is 1. The molecule has 3 N–H and O–H groups in total. The molecular formula is C13H17N5O. The Hall–Kier alpha value is -2.21. The van der Waals surface area contributed by atoms with Crippen LogP contribution in [0.15, 0.2) is 24.4 Å². The molecule has 1 aromatic heterocycles. The summed E-state index contributed by atoms with van der Waals surface area (Å²) in [6, 6.07) is 5.98. The van der Waals surface area contributed by atoms with Crippen LogP contribution in [0.4, 0.5) is 0 Å². The molecule has 2 aromatic rings. The third kappa shape index (κ3) is 3.17. The molecule has 0 spiro atoms. The second kappa shape index (κ2) is 5.62. The van der Waals surface area contributed by atoms with Gasteiger partial charge in [0.2, 0.25) is 0 Å². The molecule has 6 nitrogen and oxygen atoms in total. The van der Waals surface area contributed by atoms with Gasteiger partial charge in [-0.2, -0.15) is 0 Å². The molecule has 0 atom stereocenters. The van der Waals surface area contributed by atoms with Crippen molar-refractivity contribution in [1.29, 1.82) is 0 Å². The maximum absolute atomic E-state index is 11.8. The van der Waals surface area contributed by atoms with E-state index < -0.39 is 0 Å². The zero-order chi connectivity index (χ0) is 13.8. The first kappa shape index (κ1) is 13.2. The topological polar surface area (TPSA) is 85.8 Å². The van der Waals surface area contributed by atoms with E-state index in [-0.39, 0.29) is 5.91 Å². The number of carbonyl (C=O) groups excluding carboxylic acids is 1. The summed E-state index contributed by atoms with van der Waals surface area (Å²) < 4.78 is 1.50. The minimum atomic E-state index is -0.226. The Bertz CT molecular complexity index is 590. The zero-order valence-corrected chi connectivity index (χ0v) is 11.1. The largest absolute Gasteiger partial charge is 0.347 e. The van der Waals surface area contributed by atoms with Crippen molar-refractivity contribution in [1.82, 2.24) is 20.3 Å². The molecule has 1 aromatic carbocycles. The summed E-state index contributed by atoms with van der Waals surface area (Å²) in [5, 5.41) is 10.3. The predicted molar refractivity (Wildman–Crippen MR) is 71.2 cm³/mol. The standard InChI is InChI=1S/C13H17N5O/c1-9-5-10(6-14)3-4-11(9)7-15-13(19)12-8-18(2)17-16-12/h3-5,8H,6-7,14H2,1-2H3,(H,15,19). The van der Waals surface area contributed by atoms with Crippen molar-refractivity contribution in [3.63, 3.8) is 0 Å². The average Bonchev–Trinajstić information content (AvgIpc) is 2.83. The van der Waals surface area contributed by atoms with Crippen molar-refractivity contribution in [2.24, 2.45) is 12.8 Å². The zero-order valence-electron chi connectivity index (χ0n) is 11.1. The number of nitrogens with one attached hydrogen (secondary N) is 1. The van der Waals surface area contributed by atoms with Gasteiger partial charge in [-0.15, -0.1) is 5.10 Å². The van der Waals surface area contributed by atoms with Crippen LogP contribution in [0.25, 0.3) is 0 Å². The highest BCUT2D eigenvalue weighted by Crippen LogP contribution is 2.10. The summed E-state index contributed by atoms with van der Waals surface area (Å²) >= 11 is 0. The van der Waals surface area contributed by atoms with Gasteiger partial charge < -0.3 is 11.1 Å². The summed E-state index contributed by atoms with van der Waals surface area (Å²) in [4.78, 5) is 11.8. The number of rotatable bonds is 4. The van der Waals surface area contributed by atoms with E-state index in [4.69, 9.17) is 5.73 Å². The first-order chi connectivity index (χ1) is 9.10. The molecule has 0 aliphatic carbocycles. The first-order valence-electron chi connectivity index (χ1n) is 6.03. The number of nitrogens with two attached hydrogens (primary N) is 1. The molecule has 0 bridgehead atoms. The van der Waals surface area contributed by atoms with Crippen LogP contribution in [0.2, 0.25) is 0 Å². The fourth-order valence-corrected chi connectivity index (χ4v) is 1.80. The molecule has 1 heterocycles. The fourth-order valence-electron chi connectivity index (χ4n) is 1.80. The van der Waals surface area contributed by atoms with Crippen molar-refractivity contribution < 1.29 is 4.79 Å². The molecule has 100 valence electrons. The SMILES string of the molecule is Cc1cc(CN)ccc1CNC(=O)c1cn(C)nn1. The summed E-state index contributed by atoms with van der Waals surface area (Å²) in [6.07, 6.45) is 1.58. The Morgan fingerprint density at radius 3 is 2.84 bits per heavy atom. The molecule has 0 saturated heterocycles. The molecule has 0 radical (unpaired) electrons. The van der Waals surface area contributed by atoms with E-state index in [0.29, 0.717) is 18.8 Å². The minimum Gasteiger partial charge on any atom is -0.347 e. The second-order valence-corrected chi connectivity index (χ2v) is 4.43. The quantitative estimate of drug-likeness (QED) is 0.837. The maximum atomic E-state index is 11.8. The number of hydrogen-bond acceptors (Lipinski definition) is 4. The Balaban J connectivity index is 2.01. The molecule has 0 aliphatic rings. The molecule has 19 heavy (non-hydrogen) atoms.